The van der Waals surface area contributed by atoms with E-state index in [1.165, 1.54) is 11.3 Å². The predicted molar refractivity (Wildman–Crippen MR) is 63.7 cm³/mol. The van der Waals surface area contributed by atoms with E-state index in [0.29, 0.717) is 5.56 Å². The minimum absolute atomic E-state index is 0.311. The molecule has 0 aliphatic heterocycles. The highest BCUT2D eigenvalue weighted by Gasteiger charge is 2.14. The Hall–Kier alpha value is -0.520. The van der Waals surface area contributed by atoms with E-state index in [0.717, 1.165) is 18.8 Å². The Labute approximate surface area is 98.1 Å². The van der Waals surface area contributed by atoms with Gasteiger partial charge in [-0.1, -0.05) is 6.07 Å². The van der Waals surface area contributed by atoms with Crippen LogP contribution in [0.25, 0.3) is 10.1 Å². The van der Waals surface area contributed by atoms with Crippen molar-refractivity contribution >= 4 is 56.0 Å². The lowest BCUT2D eigenvalue weighted by molar-refractivity contribution is 0.0699. The van der Waals surface area contributed by atoms with Crippen molar-refractivity contribution in [3.05, 3.63) is 28.2 Å². The summed E-state index contributed by atoms with van der Waals surface area (Å²) in [5, 5.41) is 9.71. The quantitative estimate of drug-likeness (QED) is 0.786. The molecular weight excluding hydrogens is 284 g/mol. The van der Waals surface area contributed by atoms with Crippen LogP contribution in [0.15, 0.2) is 26.9 Å². The maximum Gasteiger partial charge on any atom is 0.336 e. The molecule has 0 saturated heterocycles. The van der Waals surface area contributed by atoms with E-state index in [4.69, 9.17) is 5.11 Å². The van der Waals surface area contributed by atoms with Gasteiger partial charge >= 0.3 is 5.97 Å². The van der Waals surface area contributed by atoms with Gasteiger partial charge in [-0.25, -0.2) is 4.79 Å². The van der Waals surface area contributed by atoms with Crippen LogP contribution in [0.4, 0.5) is 0 Å². The second-order valence-corrected chi connectivity index (χ2v) is 5.30. The van der Waals surface area contributed by atoms with Crippen LogP contribution >= 0.6 is 39.9 Å². The first-order valence-electron chi connectivity index (χ1n) is 3.74. The number of hydrogen-bond acceptors (Lipinski definition) is 3. The normalized spacial score (nSPS) is 10.7. The van der Waals surface area contributed by atoms with Crippen LogP contribution in [0.5, 0.6) is 0 Å². The number of aromatic carboxylic acids is 1. The lowest BCUT2D eigenvalue weighted by atomic mass is 10.1. The van der Waals surface area contributed by atoms with Crippen LogP contribution < -0.4 is 0 Å². The number of carboxylic acid groups (broad SMARTS) is 1. The summed E-state index contributed by atoms with van der Waals surface area (Å²) in [6.07, 6.45) is 0. The SMILES string of the molecule is O=C(O)c1cccc2sc(S)c(Br)c12. The number of benzene rings is 1. The number of fused-ring (bicyclic) bond motifs is 1. The summed E-state index contributed by atoms with van der Waals surface area (Å²) in [6, 6.07) is 5.22. The molecule has 0 atom stereocenters. The molecule has 5 heteroatoms. The number of carboxylic acids is 1. The minimum Gasteiger partial charge on any atom is -0.478 e. The first kappa shape index (κ1) is 10.0. The van der Waals surface area contributed by atoms with Crippen molar-refractivity contribution in [2.45, 2.75) is 4.21 Å². The van der Waals surface area contributed by atoms with Crippen molar-refractivity contribution in [1.29, 1.82) is 0 Å². The first-order chi connectivity index (χ1) is 6.61. The zero-order valence-electron chi connectivity index (χ0n) is 6.82. The van der Waals surface area contributed by atoms with Crippen molar-refractivity contribution in [2.24, 2.45) is 0 Å². The van der Waals surface area contributed by atoms with Gasteiger partial charge in [0.15, 0.2) is 0 Å². The van der Waals surface area contributed by atoms with Crippen molar-refractivity contribution < 1.29 is 9.90 Å². The van der Waals surface area contributed by atoms with E-state index >= 15 is 0 Å². The van der Waals surface area contributed by atoms with Crippen LogP contribution in [0.2, 0.25) is 0 Å². The molecule has 72 valence electrons. The van der Waals surface area contributed by atoms with Crippen LogP contribution in [-0.4, -0.2) is 11.1 Å². The van der Waals surface area contributed by atoms with Gasteiger partial charge in [-0.2, -0.15) is 0 Å². The number of rotatable bonds is 1. The van der Waals surface area contributed by atoms with Gasteiger partial charge in [-0.15, -0.1) is 24.0 Å². The Bertz CT molecular complexity index is 519. The van der Waals surface area contributed by atoms with E-state index in [1.807, 2.05) is 6.07 Å². The number of hydrogen-bond donors (Lipinski definition) is 2. The maximum atomic E-state index is 10.9. The van der Waals surface area contributed by atoms with Gasteiger partial charge in [0, 0.05) is 10.1 Å². The molecule has 0 amide bonds. The fourth-order valence-corrected chi connectivity index (χ4v) is 3.35. The van der Waals surface area contributed by atoms with E-state index in [-0.39, 0.29) is 0 Å². The predicted octanol–water partition coefficient (Wildman–Crippen LogP) is 3.65. The molecule has 0 saturated carbocycles. The Morgan fingerprint density at radius 3 is 2.86 bits per heavy atom. The summed E-state index contributed by atoms with van der Waals surface area (Å²) in [7, 11) is 0. The molecule has 2 aromatic rings. The van der Waals surface area contributed by atoms with Crippen molar-refractivity contribution in [3.63, 3.8) is 0 Å². The first-order valence-corrected chi connectivity index (χ1v) is 5.80. The van der Waals surface area contributed by atoms with E-state index in [2.05, 4.69) is 28.6 Å². The van der Waals surface area contributed by atoms with Crippen molar-refractivity contribution in [3.8, 4) is 0 Å². The highest BCUT2D eigenvalue weighted by Crippen LogP contribution is 2.39. The zero-order valence-corrected chi connectivity index (χ0v) is 10.1. The summed E-state index contributed by atoms with van der Waals surface area (Å²) < 4.78 is 2.49. The summed E-state index contributed by atoms with van der Waals surface area (Å²) in [4.78, 5) is 10.9. The average Bonchev–Trinajstić information content (AvgIpc) is 2.43. The monoisotopic (exact) mass is 288 g/mol. The van der Waals surface area contributed by atoms with Gasteiger partial charge in [0.25, 0.3) is 0 Å². The third-order valence-electron chi connectivity index (χ3n) is 1.87. The molecule has 2 nitrogen and oxygen atoms in total. The summed E-state index contributed by atoms with van der Waals surface area (Å²) in [6.45, 7) is 0. The molecular formula is C9H5BrO2S2. The summed E-state index contributed by atoms with van der Waals surface area (Å²) in [5.41, 5.74) is 0.311. The zero-order chi connectivity index (χ0) is 10.3. The molecule has 1 aromatic carbocycles. The molecule has 14 heavy (non-hydrogen) atoms. The van der Waals surface area contributed by atoms with Crippen molar-refractivity contribution in [2.75, 3.05) is 0 Å². The number of carbonyl (C=O) groups is 1. The smallest absolute Gasteiger partial charge is 0.336 e. The molecule has 1 N–H and O–H groups in total. The summed E-state index contributed by atoms with van der Waals surface area (Å²) in [5.74, 6) is -0.914. The molecule has 0 aliphatic carbocycles. The number of thiophene rings is 1. The molecule has 0 unspecified atom stereocenters. The Kier molecular flexibility index (Phi) is 2.55. The van der Waals surface area contributed by atoms with Gasteiger partial charge in [-0.3, -0.25) is 0 Å². The molecule has 0 fully saturated rings. The Balaban J connectivity index is 2.91. The third-order valence-corrected chi connectivity index (χ3v) is 4.69. The fraction of sp³-hybridized carbons (Fsp3) is 0. The largest absolute Gasteiger partial charge is 0.478 e. The van der Waals surface area contributed by atoms with Gasteiger partial charge in [0.1, 0.15) is 0 Å². The lowest BCUT2D eigenvalue weighted by Gasteiger charge is -1.97. The second kappa shape index (κ2) is 3.56. The topological polar surface area (TPSA) is 37.3 Å². The summed E-state index contributed by atoms with van der Waals surface area (Å²) >= 11 is 9.06. The van der Waals surface area contributed by atoms with Crippen LogP contribution in [0.1, 0.15) is 10.4 Å². The van der Waals surface area contributed by atoms with Crippen molar-refractivity contribution in [1.82, 2.24) is 0 Å². The third kappa shape index (κ3) is 1.45. The number of halogens is 1. The van der Waals surface area contributed by atoms with Crippen LogP contribution in [0.3, 0.4) is 0 Å². The van der Waals surface area contributed by atoms with Gasteiger partial charge in [0.2, 0.25) is 0 Å². The maximum absolute atomic E-state index is 10.9. The molecule has 0 bridgehead atoms. The molecule has 1 heterocycles. The Morgan fingerprint density at radius 1 is 1.50 bits per heavy atom. The minimum atomic E-state index is -0.914. The van der Waals surface area contributed by atoms with Gasteiger partial charge < -0.3 is 5.11 Å². The van der Waals surface area contributed by atoms with Gasteiger partial charge in [-0.05, 0) is 28.1 Å². The van der Waals surface area contributed by atoms with Crippen LogP contribution in [-0.2, 0) is 0 Å². The highest BCUT2D eigenvalue weighted by atomic mass is 79.9. The fourth-order valence-electron chi connectivity index (χ4n) is 1.28. The molecule has 0 radical (unpaired) electrons. The highest BCUT2D eigenvalue weighted by molar-refractivity contribution is 9.10. The lowest BCUT2D eigenvalue weighted by Crippen LogP contribution is -1.95. The Morgan fingerprint density at radius 2 is 2.21 bits per heavy atom. The van der Waals surface area contributed by atoms with Gasteiger partial charge in [0.05, 0.1) is 14.2 Å². The molecule has 0 spiro atoms. The second-order valence-electron chi connectivity index (χ2n) is 2.71. The molecule has 2 rings (SSSR count). The van der Waals surface area contributed by atoms with E-state index in [1.54, 1.807) is 12.1 Å². The number of thiol groups is 1. The standard InChI is InChI=1S/C9H5BrO2S2/c10-7-6-4(8(11)12)2-1-3-5(6)14-9(7)13/h1-3,13H,(H,11,12). The molecule has 1 aromatic heterocycles. The van der Waals surface area contributed by atoms with Crippen LogP contribution in [0, 0.1) is 0 Å². The average molecular weight is 289 g/mol. The van der Waals surface area contributed by atoms with E-state index in [9.17, 15) is 4.79 Å². The molecule has 0 aliphatic rings. The van der Waals surface area contributed by atoms with E-state index < -0.39 is 5.97 Å².